The van der Waals surface area contributed by atoms with Crippen molar-refractivity contribution in [3.8, 4) is 17.0 Å². The van der Waals surface area contributed by atoms with Crippen molar-refractivity contribution in [2.75, 3.05) is 7.11 Å². The van der Waals surface area contributed by atoms with Crippen molar-refractivity contribution < 1.29 is 4.74 Å². The first-order valence-electron chi connectivity index (χ1n) is 6.58. The minimum Gasteiger partial charge on any atom is -0.497 e. The second-order valence-corrected chi connectivity index (χ2v) is 5.22. The Balaban J connectivity index is 2.61. The molecular formula is C16H19NO2S. The van der Waals surface area contributed by atoms with Gasteiger partial charge in [-0.15, -0.1) is 0 Å². The SMILES string of the molecule is COc1ccc(-c2ccc(CS)c(=O)n2C(C)C)cc1. The number of ether oxygens (including phenoxy) is 1. The monoisotopic (exact) mass is 289 g/mol. The quantitative estimate of drug-likeness (QED) is 0.873. The molecule has 0 fully saturated rings. The topological polar surface area (TPSA) is 31.2 Å². The van der Waals surface area contributed by atoms with Crippen molar-refractivity contribution in [3.05, 3.63) is 52.3 Å². The number of rotatable bonds is 4. The first-order chi connectivity index (χ1) is 9.58. The van der Waals surface area contributed by atoms with Gasteiger partial charge in [-0.1, -0.05) is 6.07 Å². The van der Waals surface area contributed by atoms with Crippen LogP contribution in [0, 0.1) is 0 Å². The number of aromatic nitrogens is 1. The number of methoxy groups -OCH3 is 1. The van der Waals surface area contributed by atoms with Gasteiger partial charge in [0.2, 0.25) is 0 Å². The molecule has 1 heterocycles. The van der Waals surface area contributed by atoms with Gasteiger partial charge >= 0.3 is 0 Å². The standard InChI is InChI=1S/C16H19NO2S/c1-11(2)17-15(9-6-13(10-20)16(17)18)12-4-7-14(19-3)8-5-12/h4-9,11,20H,10H2,1-3H3. The number of benzene rings is 1. The first-order valence-corrected chi connectivity index (χ1v) is 7.21. The third kappa shape index (κ3) is 2.75. The van der Waals surface area contributed by atoms with Crippen LogP contribution in [0.2, 0.25) is 0 Å². The molecule has 0 radical (unpaired) electrons. The van der Waals surface area contributed by atoms with E-state index in [0.717, 1.165) is 22.6 Å². The average molecular weight is 289 g/mol. The number of hydrogen-bond acceptors (Lipinski definition) is 3. The summed E-state index contributed by atoms with van der Waals surface area (Å²) in [6.07, 6.45) is 0. The normalized spacial score (nSPS) is 10.8. The Morgan fingerprint density at radius 2 is 1.80 bits per heavy atom. The molecule has 0 amide bonds. The highest BCUT2D eigenvalue weighted by molar-refractivity contribution is 7.79. The zero-order chi connectivity index (χ0) is 14.7. The summed E-state index contributed by atoms with van der Waals surface area (Å²) < 4.78 is 6.98. The maximum atomic E-state index is 12.4. The van der Waals surface area contributed by atoms with Crippen molar-refractivity contribution in [2.45, 2.75) is 25.6 Å². The maximum absolute atomic E-state index is 12.4. The molecule has 2 rings (SSSR count). The molecule has 20 heavy (non-hydrogen) atoms. The van der Waals surface area contributed by atoms with Gasteiger partial charge in [-0.25, -0.2) is 0 Å². The average Bonchev–Trinajstić information content (AvgIpc) is 2.46. The van der Waals surface area contributed by atoms with Crippen LogP contribution in [0.25, 0.3) is 11.3 Å². The Bertz CT molecular complexity index is 645. The molecule has 106 valence electrons. The molecule has 0 unspecified atom stereocenters. The zero-order valence-electron chi connectivity index (χ0n) is 12.0. The molecule has 0 saturated carbocycles. The number of nitrogens with zero attached hydrogens (tertiary/aromatic N) is 1. The molecule has 0 aliphatic carbocycles. The van der Waals surface area contributed by atoms with E-state index < -0.39 is 0 Å². The molecule has 1 aromatic carbocycles. The third-order valence-electron chi connectivity index (χ3n) is 3.27. The molecule has 0 N–H and O–H groups in total. The summed E-state index contributed by atoms with van der Waals surface area (Å²) in [5.41, 5.74) is 2.67. The summed E-state index contributed by atoms with van der Waals surface area (Å²) in [5, 5.41) is 0. The van der Waals surface area contributed by atoms with Gasteiger partial charge in [-0.05, 0) is 49.7 Å². The number of pyridine rings is 1. The Morgan fingerprint density at radius 1 is 1.15 bits per heavy atom. The molecule has 0 spiro atoms. The van der Waals surface area contributed by atoms with Crippen molar-refractivity contribution in [3.63, 3.8) is 0 Å². The summed E-state index contributed by atoms with van der Waals surface area (Å²) >= 11 is 4.21. The van der Waals surface area contributed by atoms with Gasteiger partial charge in [-0.3, -0.25) is 4.79 Å². The molecular weight excluding hydrogens is 270 g/mol. The van der Waals surface area contributed by atoms with Gasteiger partial charge < -0.3 is 9.30 Å². The number of hydrogen-bond donors (Lipinski definition) is 1. The molecule has 1 aromatic heterocycles. The van der Waals surface area contributed by atoms with E-state index in [0.29, 0.717) is 5.75 Å². The summed E-state index contributed by atoms with van der Waals surface area (Å²) in [5.74, 6) is 1.26. The minimum absolute atomic E-state index is 0.0309. The summed E-state index contributed by atoms with van der Waals surface area (Å²) in [6.45, 7) is 4.02. The molecule has 2 aromatic rings. The minimum atomic E-state index is 0.0309. The lowest BCUT2D eigenvalue weighted by Gasteiger charge is -2.18. The highest BCUT2D eigenvalue weighted by Crippen LogP contribution is 2.24. The van der Waals surface area contributed by atoms with Crippen LogP contribution in [0.1, 0.15) is 25.5 Å². The Morgan fingerprint density at radius 3 is 2.30 bits per heavy atom. The Labute approximate surface area is 124 Å². The summed E-state index contributed by atoms with van der Waals surface area (Å²) in [6, 6.07) is 11.7. The van der Waals surface area contributed by atoms with E-state index in [9.17, 15) is 4.79 Å². The lowest BCUT2D eigenvalue weighted by Crippen LogP contribution is -2.26. The predicted molar refractivity (Wildman–Crippen MR) is 85.8 cm³/mol. The van der Waals surface area contributed by atoms with Gasteiger partial charge in [0.05, 0.1) is 12.8 Å². The molecule has 0 aliphatic heterocycles. The van der Waals surface area contributed by atoms with Crippen LogP contribution < -0.4 is 10.3 Å². The first kappa shape index (κ1) is 14.7. The summed E-state index contributed by atoms with van der Waals surface area (Å²) in [7, 11) is 1.64. The van der Waals surface area contributed by atoms with E-state index in [2.05, 4.69) is 12.6 Å². The molecule has 0 aliphatic rings. The number of thiol groups is 1. The Kier molecular flexibility index (Phi) is 4.55. The fourth-order valence-electron chi connectivity index (χ4n) is 2.23. The highest BCUT2D eigenvalue weighted by atomic mass is 32.1. The highest BCUT2D eigenvalue weighted by Gasteiger charge is 2.12. The third-order valence-corrected chi connectivity index (χ3v) is 3.61. The van der Waals surface area contributed by atoms with Crippen molar-refractivity contribution >= 4 is 12.6 Å². The summed E-state index contributed by atoms with van der Waals surface area (Å²) in [4.78, 5) is 12.4. The van der Waals surface area contributed by atoms with Gasteiger partial charge in [0.25, 0.3) is 5.56 Å². The predicted octanol–water partition coefficient (Wildman–Crippen LogP) is 3.53. The van der Waals surface area contributed by atoms with Crippen LogP contribution in [0.3, 0.4) is 0 Å². The Hall–Kier alpha value is -1.68. The van der Waals surface area contributed by atoms with Crippen molar-refractivity contribution in [1.82, 2.24) is 4.57 Å². The van der Waals surface area contributed by atoms with E-state index in [1.807, 2.05) is 54.8 Å². The van der Waals surface area contributed by atoms with Crippen LogP contribution in [0.15, 0.2) is 41.2 Å². The van der Waals surface area contributed by atoms with E-state index in [1.54, 1.807) is 7.11 Å². The van der Waals surface area contributed by atoms with E-state index in [1.165, 1.54) is 0 Å². The van der Waals surface area contributed by atoms with Crippen LogP contribution in [-0.2, 0) is 5.75 Å². The van der Waals surface area contributed by atoms with Gasteiger partial charge in [-0.2, -0.15) is 12.6 Å². The van der Waals surface area contributed by atoms with Crippen molar-refractivity contribution in [2.24, 2.45) is 0 Å². The van der Waals surface area contributed by atoms with Crippen LogP contribution >= 0.6 is 12.6 Å². The lowest BCUT2D eigenvalue weighted by atomic mass is 10.1. The van der Waals surface area contributed by atoms with Crippen LogP contribution in [0.4, 0.5) is 0 Å². The molecule has 0 bridgehead atoms. The smallest absolute Gasteiger partial charge is 0.255 e. The zero-order valence-corrected chi connectivity index (χ0v) is 12.9. The largest absolute Gasteiger partial charge is 0.497 e. The van der Waals surface area contributed by atoms with E-state index >= 15 is 0 Å². The fourth-order valence-corrected chi connectivity index (χ4v) is 2.47. The molecule has 0 atom stereocenters. The van der Waals surface area contributed by atoms with Crippen LogP contribution in [0.5, 0.6) is 5.75 Å². The van der Waals surface area contributed by atoms with Crippen LogP contribution in [-0.4, -0.2) is 11.7 Å². The molecule has 0 saturated heterocycles. The van der Waals surface area contributed by atoms with Gasteiger partial charge in [0.15, 0.2) is 0 Å². The lowest BCUT2D eigenvalue weighted by molar-refractivity contribution is 0.415. The van der Waals surface area contributed by atoms with E-state index in [-0.39, 0.29) is 11.6 Å². The second-order valence-electron chi connectivity index (χ2n) is 4.90. The second kappa shape index (κ2) is 6.18. The maximum Gasteiger partial charge on any atom is 0.255 e. The molecule has 4 heteroatoms. The molecule has 3 nitrogen and oxygen atoms in total. The van der Waals surface area contributed by atoms with Crippen molar-refractivity contribution in [1.29, 1.82) is 0 Å². The van der Waals surface area contributed by atoms with E-state index in [4.69, 9.17) is 4.74 Å². The van der Waals surface area contributed by atoms with Gasteiger partial charge in [0, 0.05) is 17.4 Å². The van der Waals surface area contributed by atoms with Gasteiger partial charge in [0.1, 0.15) is 5.75 Å². The fraction of sp³-hybridized carbons (Fsp3) is 0.312.